The largest absolute Gasteiger partial charge is 0.394 e. The van der Waals surface area contributed by atoms with Gasteiger partial charge in [-0.2, -0.15) is 12.6 Å². The van der Waals surface area contributed by atoms with Gasteiger partial charge < -0.3 is 29.9 Å². The molecule has 0 fully saturated rings. The Morgan fingerprint density at radius 1 is 0.952 bits per heavy atom. The maximum atomic E-state index is 9.84. The van der Waals surface area contributed by atoms with Crippen molar-refractivity contribution < 1.29 is 29.9 Å². The molecule has 7 heteroatoms. The average molecular weight is 326 g/mol. The zero-order valence-corrected chi connectivity index (χ0v) is 13.6. The smallest absolute Gasteiger partial charge is 0.186 e. The Kier molecular flexibility index (Phi) is 13.8. The van der Waals surface area contributed by atoms with Crippen molar-refractivity contribution in [3.8, 4) is 0 Å². The van der Waals surface area contributed by atoms with Gasteiger partial charge in [0.2, 0.25) is 0 Å². The van der Waals surface area contributed by atoms with Gasteiger partial charge in [0.15, 0.2) is 6.29 Å². The lowest BCUT2D eigenvalue weighted by atomic mass is 10.1. The van der Waals surface area contributed by atoms with E-state index >= 15 is 0 Å². The second-order valence-electron chi connectivity index (χ2n) is 5.10. The van der Waals surface area contributed by atoms with Crippen LogP contribution in [0.2, 0.25) is 0 Å². The van der Waals surface area contributed by atoms with Crippen LogP contribution in [-0.4, -0.2) is 70.6 Å². The predicted octanol–water partition coefficient (Wildman–Crippen LogP) is 0.321. The Balaban J connectivity index is 4.04. The van der Waals surface area contributed by atoms with Gasteiger partial charge in [-0.3, -0.25) is 0 Å². The van der Waals surface area contributed by atoms with Gasteiger partial charge in [-0.1, -0.05) is 19.3 Å². The van der Waals surface area contributed by atoms with Gasteiger partial charge in [0.1, 0.15) is 12.2 Å². The number of thiol groups is 1. The molecule has 0 heterocycles. The van der Waals surface area contributed by atoms with Crippen molar-refractivity contribution in [1.29, 1.82) is 0 Å². The second-order valence-corrected chi connectivity index (χ2v) is 5.55. The first-order valence-electron chi connectivity index (χ1n) is 7.52. The van der Waals surface area contributed by atoms with E-state index in [1.54, 1.807) is 6.92 Å². The van der Waals surface area contributed by atoms with E-state index in [4.69, 9.17) is 19.7 Å². The van der Waals surface area contributed by atoms with E-state index in [-0.39, 0.29) is 6.61 Å². The maximum Gasteiger partial charge on any atom is 0.186 e. The van der Waals surface area contributed by atoms with Crippen molar-refractivity contribution in [3.05, 3.63) is 0 Å². The molecule has 0 amide bonds. The molecule has 0 aliphatic heterocycles. The molecule has 128 valence electrons. The first-order valence-corrected chi connectivity index (χ1v) is 8.15. The molecule has 21 heavy (non-hydrogen) atoms. The number of hydrogen-bond acceptors (Lipinski definition) is 7. The number of rotatable bonds is 14. The highest BCUT2D eigenvalue weighted by Gasteiger charge is 2.28. The Morgan fingerprint density at radius 2 is 1.57 bits per heavy atom. The first kappa shape index (κ1) is 21.1. The quantitative estimate of drug-likeness (QED) is 0.179. The maximum absolute atomic E-state index is 9.84. The molecule has 0 aliphatic carbocycles. The molecular weight excluding hydrogens is 296 g/mol. The summed E-state index contributed by atoms with van der Waals surface area (Å²) in [5, 5.41) is 37.1. The highest BCUT2D eigenvalue weighted by molar-refractivity contribution is 7.80. The van der Waals surface area contributed by atoms with E-state index in [1.165, 1.54) is 0 Å². The molecule has 0 aromatic heterocycles. The lowest BCUT2D eigenvalue weighted by molar-refractivity contribution is -0.238. The molecule has 0 saturated carbocycles. The fourth-order valence-corrected chi connectivity index (χ4v) is 1.95. The molecule has 0 aliphatic rings. The van der Waals surface area contributed by atoms with Gasteiger partial charge in [0.25, 0.3) is 0 Å². The van der Waals surface area contributed by atoms with Crippen LogP contribution in [0.3, 0.4) is 0 Å². The number of ether oxygens (including phenoxy) is 2. The van der Waals surface area contributed by atoms with E-state index < -0.39 is 31.2 Å². The van der Waals surface area contributed by atoms with Gasteiger partial charge >= 0.3 is 0 Å². The summed E-state index contributed by atoms with van der Waals surface area (Å²) in [5.74, 6) is 0.900. The summed E-state index contributed by atoms with van der Waals surface area (Å²) in [6.07, 6.45) is 0.894. The Hall–Kier alpha value is 0.110. The van der Waals surface area contributed by atoms with E-state index in [0.717, 1.165) is 37.9 Å². The molecule has 0 spiro atoms. The van der Waals surface area contributed by atoms with Gasteiger partial charge in [0, 0.05) is 6.61 Å². The minimum Gasteiger partial charge on any atom is -0.394 e. The SMILES string of the molecule is CC(CO)OC(OCCCCCCCS)C(O)[C@H](O)CO. The third-order valence-electron chi connectivity index (χ3n) is 3.07. The van der Waals surface area contributed by atoms with Crippen molar-refractivity contribution in [2.75, 3.05) is 25.6 Å². The Morgan fingerprint density at radius 3 is 2.14 bits per heavy atom. The van der Waals surface area contributed by atoms with Gasteiger partial charge in [0.05, 0.1) is 19.3 Å². The zero-order valence-electron chi connectivity index (χ0n) is 12.7. The molecule has 0 aromatic carbocycles. The molecule has 0 rings (SSSR count). The van der Waals surface area contributed by atoms with Crippen molar-refractivity contribution in [2.45, 2.75) is 63.6 Å². The molecule has 0 saturated heterocycles. The van der Waals surface area contributed by atoms with Crippen LogP contribution >= 0.6 is 12.6 Å². The van der Waals surface area contributed by atoms with Crippen LogP contribution in [0, 0.1) is 0 Å². The van der Waals surface area contributed by atoms with E-state index in [1.807, 2.05) is 0 Å². The molecule has 0 radical (unpaired) electrons. The second kappa shape index (κ2) is 13.8. The highest BCUT2D eigenvalue weighted by atomic mass is 32.1. The predicted molar refractivity (Wildman–Crippen MR) is 83.4 cm³/mol. The van der Waals surface area contributed by atoms with Crippen molar-refractivity contribution in [3.63, 3.8) is 0 Å². The van der Waals surface area contributed by atoms with Gasteiger partial charge in [-0.25, -0.2) is 0 Å². The standard InChI is InChI=1S/C14H30O6S/c1-11(9-15)20-14(13(18)12(17)10-16)19-7-5-3-2-4-6-8-21/h11-18,21H,2-10H2,1H3/t11?,12-,13?,14?/m1/s1. The minimum absolute atomic E-state index is 0.217. The fourth-order valence-electron chi connectivity index (χ4n) is 1.72. The van der Waals surface area contributed by atoms with Crippen LogP contribution in [0.4, 0.5) is 0 Å². The molecule has 6 nitrogen and oxygen atoms in total. The summed E-state index contributed by atoms with van der Waals surface area (Å²) < 4.78 is 10.8. The topological polar surface area (TPSA) is 99.4 Å². The lowest BCUT2D eigenvalue weighted by Gasteiger charge is -2.28. The summed E-state index contributed by atoms with van der Waals surface area (Å²) in [6.45, 7) is 1.22. The number of aliphatic hydroxyl groups is 4. The van der Waals surface area contributed by atoms with Crippen LogP contribution in [0.15, 0.2) is 0 Å². The number of unbranched alkanes of at least 4 members (excludes halogenated alkanes) is 4. The summed E-state index contributed by atoms with van der Waals surface area (Å²) >= 11 is 4.15. The summed E-state index contributed by atoms with van der Waals surface area (Å²) in [7, 11) is 0. The van der Waals surface area contributed by atoms with Crippen molar-refractivity contribution >= 4 is 12.6 Å². The first-order chi connectivity index (χ1) is 10.1. The molecule has 0 bridgehead atoms. The lowest BCUT2D eigenvalue weighted by Crippen LogP contribution is -2.44. The van der Waals surface area contributed by atoms with E-state index in [9.17, 15) is 10.2 Å². The Labute approximate surface area is 132 Å². The molecular formula is C14H30O6S. The fraction of sp³-hybridized carbons (Fsp3) is 1.00. The monoisotopic (exact) mass is 326 g/mol. The number of aliphatic hydroxyl groups excluding tert-OH is 4. The average Bonchev–Trinajstić information content (AvgIpc) is 2.50. The van der Waals surface area contributed by atoms with Crippen LogP contribution in [0.1, 0.15) is 39.0 Å². The van der Waals surface area contributed by atoms with Crippen LogP contribution in [-0.2, 0) is 9.47 Å². The summed E-state index contributed by atoms with van der Waals surface area (Å²) in [6, 6.07) is 0. The van der Waals surface area contributed by atoms with Crippen molar-refractivity contribution in [1.82, 2.24) is 0 Å². The molecule has 4 atom stereocenters. The van der Waals surface area contributed by atoms with Gasteiger partial charge in [-0.15, -0.1) is 0 Å². The van der Waals surface area contributed by atoms with Crippen LogP contribution in [0.5, 0.6) is 0 Å². The van der Waals surface area contributed by atoms with E-state index in [2.05, 4.69) is 12.6 Å². The molecule has 3 unspecified atom stereocenters. The number of hydrogen-bond donors (Lipinski definition) is 5. The molecule has 0 aromatic rings. The summed E-state index contributed by atoms with van der Waals surface area (Å²) in [4.78, 5) is 0. The minimum atomic E-state index is -1.35. The normalized spacial score (nSPS) is 17.4. The highest BCUT2D eigenvalue weighted by Crippen LogP contribution is 2.11. The third kappa shape index (κ3) is 10.5. The van der Waals surface area contributed by atoms with Gasteiger partial charge in [-0.05, 0) is 25.5 Å². The van der Waals surface area contributed by atoms with Crippen LogP contribution < -0.4 is 0 Å². The van der Waals surface area contributed by atoms with Crippen LogP contribution in [0.25, 0.3) is 0 Å². The van der Waals surface area contributed by atoms with Crippen molar-refractivity contribution in [2.24, 2.45) is 0 Å². The Bertz CT molecular complexity index is 232. The third-order valence-corrected chi connectivity index (χ3v) is 3.38. The summed E-state index contributed by atoms with van der Waals surface area (Å²) in [5.41, 5.74) is 0. The van der Waals surface area contributed by atoms with E-state index in [0.29, 0.717) is 6.61 Å². The zero-order chi connectivity index (χ0) is 16.1. The molecule has 4 N–H and O–H groups in total.